The van der Waals surface area contributed by atoms with Gasteiger partial charge in [0.1, 0.15) is 23.4 Å². The van der Waals surface area contributed by atoms with Gasteiger partial charge in [0.2, 0.25) is 5.88 Å². The van der Waals surface area contributed by atoms with E-state index in [-0.39, 0.29) is 17.7 Å². The van der Waals surface area contributed by atoms with Gasteiger partial charge in [0.15, 0.2) is 0 Å². The molecule has 8 heteroatoms. The lowest BCUT2D eigenvalue weighted by atomic mass is 9.83. The highest BCUT2D eigenvalue weighted by molar-refractivity contribution is 5.92. The largest absolute Gasteiger partial charge is 0.492 e. The Hall–Kier alpha value is -4.07. The fourth-order valence-electron chi connectivity index (χ4n) is 5.95. The number of nitrogen functional groups attached to an aromatic ring is 1. The van der Waals surface area contributed by atoms with Crippen molar-refractivity contribution in [1.82, 2.24) is 9.88 Å². The average Bonchev–Trinajstić information content (AvgIpc) is 3.44. The van der Waals surface area contributed by atoms with Gasteiger partial charge in [-0.3, -0.25) is 0 Å². The molecule has 3 aromatic rings. The molecule has 0 saturated carbocycles. The van der Waals surface area contributed by atoms with E-state index in [4.69, 9.17) is 15.2 Å². The number of hydrogen-bond donors (Lipinski definition) is 1. The van der Waals surface area contributed by atoms with Crippen LogP contribution in [0, 0.1) is 5.82 Å². The second-order valence-electron chi connectivity index (χ2n) is 9.44. The normalized spacial score (nSPS) is 22.1. The van der Waals surface area contributed by atoms with Crippen molar-refractivity contribution in [3.63, 3.8) is 0 Å². The Bertz CT molecular complexity index is 1500. The first-order valence-corrected chi connectivity index (χ1v) is 11.7. The summed E-state index contributed by atoms with van der Waals surface area (Å²) in [5, 5.41) is 0.936. The molecule has 0 bridgehead atoms. The molecule has 0 spiro atoms. The number of pyridine rings is 1. The number of aromatic nitrogens is 1. The molecular weight excluding hydrogens is 447 g/mol. The van der Waals surface area contributed by atoms with Crippen molar-refractivity contribution in [2.24, 2.45) is 0 Å². The smallest absolute Gasteiger partial charge is 0.336 e. The van der Waals surface area contributed by atoms with Crippen LogP contribution < -0.4 is 15.4 Å². The molecule has 0 saturated heterocycles. The Labute approximate surface area is 201 Å². The van der Waals surface area contributed by atoms with E-state index >= 15 is 4.39 Å². The lowest BCUT2D eigenvalue weighted by Gasteiger charge is -2.37. The fourth-order valence-corrected chi connectivity index (χ4v) is 5.95. The van der Waals surface area contributed by atoms with E-state index in [0.29, 0.717) is 54.8 Å². The van der Waals surface area contributed by atoms with Crippen molar-refractivity contribution in [3.8, 4) is 5.75 Å². The summed E-state index contributed by atoms with van der Waals surface area (Å²) in [6.07, 6.45) is 4.60. The zero-order valence-corrected chi connectivity index (χ0v) is 19.1. The lowest BCUT2D eigenvalue weighted by Crippen LogP contribution is -2.46. The number of ether oxygens (including phenoxy) is 2. The third-order valence-electron chi connectivity index (χ3n) is 7.42. The molecule has 176 valence electrons. The Kier molecular flexibility index (Phi) is 4.19. The first-order valence-electron chi connectivity index (χ1n) is 11.7. The van der Waals surface area contributed by atoms with E-state index in [0.717, 1.165) is 27.6 Å². The first kappa shape index (κ1) is 20.3. The summed E-state index contributed by atoms with van der Waals surface area (Å²) in [6.45, 7) is 1.43. The Morgan fingerprint density at radius 2 is 2.11 bits per heavy atom. The van der Waals surface area contributed by atoms with E-state index in [1.807, 2.05) is 53.3 Å². The molecule has 0 radical (unpaired) electrons. The quantitative estimate of drug-likeness (QED) is 0.573. The summed E-state index contributed by atoms with van der Waals surface area (Å²) >= 11 is 0. The second-order valence-corrected chi connectivity index (χ2v) is 9.44. The van der Waals surface area contributed by atoms with Crippen LogP contribution in [0.1, 0.15) is 22.6 Å². The summed E-state index contributed by atoms with van der Waals surface area (Å²) in [7, 11) is 1.90. The summed E-state index contributed by atoms with van der Waals surface area (Å²) in [6, 6.07) is 10.5. The Morgan fingerprint density at radius 3 is 3.00 bits per heavy atom. The molecule has 2 atom stereocenters. The number of hydrogen-bond acceptors (Lipinski definition) is 7. The molecule has 0 amide bonds. The van der Waals surface area contributed by atoms with Gasteiger partial charge in [-0.1, -0.05) is 30.4 Å². The van der Waals surface area contributed by atoms with Crippen LogP contribution in [0.3, 0.4) is 0 Å². The van der Waals surface area contributed by atoms with Gasteiger partial charge in [0, 0.05) is 54.3 Å². The van der Waals surface area contributed by atoms with Crippen molar-refractivity contribution in [1.29, 1.82) is 0 Å². The van der Waals surface area contributed by atoms with E-state index in [1.54, 1.807) is 6.07 Å². The number of fused-ring (bicyclic) bond motifs is 7. The predicted molar refractivity (Wildman–Crippen MR) is 129 cm³/mol. The third-order valence-corrected chi connectivity index (χ3v) is 7.42. The molecule has 2 unspecified atom stereocenters. The maximum atomic E-state index is 15.3. The van der Waals surface area contributed by atoms with Crippen LogP contribution in [0.5, 0.6) is 5.75 Å². The number of carbonyl (C=O) groups is 1. The predicted octanol–water partition coefficient (Wildman–Crippen LogP) is 3.63. The summed E-state index contributed by atoms with van der Waals surface area (Å²) in [4.78, 5) is 21.9. The number of para-hydroxylation sites is 1. The maximum absolute atomic E-state index is 15.3. The molecule has 4 aliphatic heterocycles. The van der Waals surface area contributed by atoms with Crippen molar-refractivity contribution >= 4 is 28.4 Å². The van der Waals surface area contributed by atoms with Gasteiger partial charge in [-0.2, -0.15) is 0 Å². The molecule has 1 aromatic heterocycles. The Balaban J connectivity index is 1.45. The van der Waals surface area contributed by atoms with Crippen LogP contribution in [-0.4, -0.2) is 42.1 Å². The fraction of sp³-hybridized carbons (Fsp3) is 0.259. The van der Waals surface area contributed by atoms with Gasteiger partial charge in [0.05, 0.1) is 18.0 Å². The maximum Gasteiger partial charge on any atom is 0.336 e. The molecule has 7 nitrogen and oxygen atoms in total. The van der Waals surface area contributed by atoms with Crippen molar-refractivity contribution in [2.75, 3.05) is 30.8 Å². The molecule has 4 aliphatic rings. The minimum atomic E-state index is -0.650. The van der Waals surface area contributed by atoms with Crippen LogP contribution >= 0.6 is 0 Å². The lowest BCUT2D eigenvalue weighted by molar-refractivity contribution is -0.145. The van der Waals surface area contributed by atoms with Gasteiger partial charge in [0.25, 0.3) is 0 Å². The van der Waals surface area contributed by atoms with E-state index in [9.17, 15) is 4.79 Å². The topological polar surface area (TPSA) is 80.9 Å². The zero-order chi connectivity index (χ0) is 23.8. The summed E-state index contributed by atoms with van der Waals surface area (Å²) < 4.78 is 27.1. The van der Waals surface area contributed by atoms with Crippen molar-refractivity contribution in [2.45, 2.75) is 24.9 Å². The molecular formula is C27H23FN4O3. The van der Waals surface area contributed by atoms with E-state index < -0.39 is 6.04 Å². The van der Waals surface area contributed by atoms with Crippen molar-refractivity contribution in [3.05, 3.63) is 82.5 Å². The number of nitrogens with zero attached hydrogens (tertiary/aromatic N) is 3. The van der Waals surface area contributed by atoms with Gasteiger partial charge < -0.3 is 25.0 Å². The molecule has 7 rings (SSSR count). The van der Waals surface area contributed by atoms with Gasteiger partial charge in [-0.15, -0.1) is 0 Å². The minimum absolute atomic E-state index is 0.308. The van der Waals surface area contributed by atoms with Gasteiger partial charge >= 0.3 is 5.97 Å². The van der Waals surface area contributed by atoms with Crippen LogP contribution in [-0.2, 0) is 22.5 Å². The number of rotatable bonds is 2. The number of likely N-dealkylation sites (N-methyl/N-ethyl adjacent to an activating group) is 1. The van der Waals surface area contributed by atoms with E-state index in [2.05, 4.69) is 11.1 Å². The van der Waals surface area contributed by atoms with E-state index in [1.165, 1.54) is 0 Å². The van der Waals surface area contributed by atoms with Crippen molar-refractivity contribution < 1.29 is 18.7 Å². The minimum Gasteiger partial charge on any atom is -0.492 e. The number of benzene rings is 2. The number of carbonyl (C=O) groups excluding carboxylic acids is 1. The Morgan fingerprint density at radius 1 is 1.26 bits per heavy atom. The average molecular weight is 471 g/mol. The van der Waals surface area contributed by atoms with Crippen LogP contribution in [0.4, 0.5) is 15.9 Å². The highest BCUT2D eigenvalue weighted by atomic mass is 19.1. The molecule has 0 aliphatic carbocycles. The monoisotopic (exact) mass is 470 g/mol. The molecule has 5 heterocycles. The molecule has 2 N–H and O–H groups in total. The van der Waals surface area contributed by atoms with Crippen LogP contribution in [0.2, 0.25) is 0 Å². The summed E-state index contributed by atoms with van der Waals surface area (Å²) in [5.74, 6) is 0.536. The number of allylic oxidation sites excluding steroid dienone is 1. The number of nitrogens with two attached hydrogens (primary N) is 1. The van der Waals surface area contributed by atoms with Gasteiger partial charge in [-0.05, 0) is 23.8 Å². The molecule has 0 fully saturated rings. The second kappa shape index (κ2) is 7.21. The van der Waals surface area contributed by atoms with Gasteiger partial charge in [-0.25, -0.2) is 14.2 Å². The zero-order valence-electron chi connectivity index (χ0n) is 19.1. The number of halogens is 1. The summed E-state index contributed by atoms with van der Waals surface area (Å²) in [5.41, 5.74) is 10.8. The SMILES string of the molecule is CN1CC=CC2=C1OC(=O)C1C2c2c(cc(F)c3c2OCC3)N1Cc1cc(N)nc2ccccc12. The number of anilines is 2. The third kappa shape index (κ3) is 2.82. The number of esters is 1. The van der Waals surface area contributed by atoms with Crippen LogP contribution in [0.15, 0.2) is 60.0 Å². The highest BCUT2D eigenvalue weighted by Gasteiger charge is 2.53. The molecule has 35 heavy (non-hydrogen) atoms. The standard InChI is InChI=1S/C27H23FN4O3/c1-31-9-4-6-17-22-23-20(12-18(28)16-8-10-34-25(16)23)32(24(22)27(33)35-26(17)31)13-14-11-21(29)30-19-7-3-2-5-15(14)19/h2-7,11-12,22,24H,8-10,13H2,1H3,(H2,29,30). The first-order chi connectivity index (χ1) is 17.0. The van der Waals surface area contributed by atoms with Crippen LogP contribution in [0.25, 0.3) is 10.9 Å². The highest BCUT2D eigenvalue weighted by Crippen LogP contribution is 2.55. The molecule has 2 aromatic carbocycles.